The molecule has 0 saturated heterocycles. The Labute approximate surface area is 166 Å². The van der Waals surface area contributed by atoms with Gasteiger partial charge in [0.2, 0.25) is 11.8 Å². The number of amides is 2. The van der Waals surface area contributed by atoms with E-state index in [4.69, 9.17) is 9.47 Å². The highest BCUT2D eigenvalue weighted by Gasteiger charge is 2.35. The Morgan fingerprint density at radius 3 is 2.11 bits per heavy atom. The van der Waals surface area contributed by atoms with Crippen molar-refractivity contribution < 1.29 is 19.1 Å². The largest absolute Gasteiger partial charge is 0.497 e. The predicted molar refractivity (Wildman–Crippen MR) is 110 cm³/mol. The van der Waals surface area contributed by atoms with Gasteiger partial charge >= 0.3 is 0 Å². The van der Waals surface area contributed by atoms with Crippen LogP contribution in [-0.2, 0) is 16.0 Å². The number of carbonyl (C=O) groups excluding carboxylic acids is 2. The SMILES string of the molecule is CCc1ccc(NC(=O)C(C)(C)C(=O)NCCOc2ccc(OC)cc2)cc1. The molecule has 2 N–H and O–H groups in total. The van der Waals surface area contributed by atoms with Gasteiger partial charge < -0.3 is 20.1 Å². The van der Waals surface area contributed by atoms with Crippen LogP contribution in [-0.4, -0.2) is 32.1 Å². The Morgan fingerprint density at radius 1 is 0.929 bits per heavy atom. The van der Waals surface area contributed by atoms with Crippen LogP contribution in [0.5, 0.6) is 11.5 Å². The third-order valence-electron chi connectivity index (χ3n) is 4.47. The van der Waals surface area contributed by atoms with Crippen molar-refractivity contribution in [2.24, 2.45) is 5.41 Å². The number of hydrogen-bond donors (Lipinski definition) is 2. The number of nitrogens with one attached hydrogen (secondary N) is 2. The number of aryl methyl sites for hydroxylation is 1. The molecule has 0 unspecified atom stereocenters. The van der Waals surface area contributed by atoms with Gasteiger partial charge in [-0.15, -0.1) is 0 Å². The highest BCUT2D eigenvalue weighted by atomic mass is 16.5. The van der Waals surface area contributed by atoms with Crippen molar-refractivity contribution in [1.29, 1.82) is 0 Å². The number of anilines is 1. The summed E-state index contributed by atoms with van der Waals surface area (Å²) in [6.45, 7) is 5.87. The highest BCUT2D eigenvalue weighted by molar-refractivity contribution is 6.09. The van der Waals surface area contributed by atoms with Gasteiger partial charge in [0.25, 0.3) is 0 Å². The van der Waals surface area contributed by atoms with E-state index in [1.807, 2.05) is 24.3 Å². The molecule has 0 atom stereocenters. The van der Waals surface area contributed by atoms with Crippen LogP contribution in [0.4, 0.5) is 5.69 Å². The number of ether oxygens (including phenoxy) is 2. The van der Waals surface area contributed by atoms with Gasteiger partial charge in [0.15, 0.2) is 0 Å². The maximum Gasteiger partial charge on any atom is 0.239 e. The number of hydrogen-bond acceptors (Lipinski definition) is 4. The zero-order chi connectivity index (χ0) is 20.6. The lowest BCUT2D eigenvalue weighted by atomic mass is 9.91. The molecule has 2 rings (SSSR count). The van der Waals surface area contributed by atoms with Crippen LogP contribution >= 0.6 is 0 Å². The first kappa shape index (κ1) is 21.3. The van der Waals surface area contributed by atoms with Crippen molar-refractivity contribution in [2.45, 2.75) is 27.2 Å². The third kappa shape index (κ3) is 5.74. The molecule has 0 aliphatic rings. The monoisotopic (exact) mass is 384 g/mol. The van der Waals surface area contributed by atoms with Crippen LogP contribution in [0.2, 0.25) is 0 Å². The van der Waals surface area contributed by atoms with Gasteiger partial charge in [-0.3, -0.25) is 9.59 Å². The molecule has 6 heteroatoms. The van der Waals surface area contributed by atoms with Crippen LogP contribution in [0.1, 0.15) is 26.3 Å². The van der Waals surface area contributed by atoms with Crippen LogP contribution < -0.4 is 20.1 Å². The Bertz CT molecular complexity index is 783. The second-order valence-electron chi connectivity index (χ2n) is 6.91. The summed E-state index contributed by atoms with van der Waals surface area (Å²) in [5.74, 6) is 0.721. The first-order valence-electron chi connectivity index (χ1n) is 9.32. The molecule has 0 aliphatic heterocycles. The Morgan fingerprint density at radius 2 is 1.54 bits per heavy atom. The van der Waals surface area contributed by atoms with Gasteiger partial charge in [-0.05, 0) is 62.2 Å². The lowest BCUT2D eigenvalue weighted by Crippen LogP contribution is -2.46. The van der Waals surface area contributed by atoms with Gasteiger partial charge in [0.05, 0.1) is 13.7 Å². The van der Waals surface area contributed by atoms with E-state index >= 15 is 0 Å². The zero-order valence-corrected chi connectivity index (χ0v) is 16.9. The fourth-order valence-corrected chi connectivity index (χ4v) is 2.44. The van der Waals surface area contributed by atoms with Crippen LogP contribution in [0.3, 0.4) is 0 Å². The Hall–Kier alpha value is -3.02. The molecule has 28 heavy (non-hydrogen) atoms. The van der Waals surface area contributed by atoms with E-state index in [1.165, 1.54) is 5.56 Å². The van der Waals surface area contributed by atoms with E-state index in [2.05, 4.69) is 17.6 Å². The molecule has 0 heterocycles. The highest BCUT2D eigenvalue weighted by Crippen LogP contribution is 2.20. The fraction of sp³-hybridized carbons (Fsp3) is 0.364. The molecule has 0 aliphatic carbocycles. The van der Waals surface area contributed by atoms with E-state index in [0.29, 0.717) is 24.6 Å². The maximum atomic E-state index is 12.5. The molecule has 2 aromatic rings. The molecular formula is C22H28N2O4. The van der Waals surface area contributed by atoms with Crippen LogP contribution in [0, 0.1) is 5.41 Å². The third-order valence-corrected chi connectivity index (χ3v) is 4.47. The van der Waals surface area contributed by atoms with Crippen molar-refractivity contribution in [3.63, 3.8) is 0 Å². The summed E-state index contributed by atoms with van der Waals surface area (Å²) in [6.07, 6.45) is 0.931. The summed E-state index contributed by atoms with van der Waals surface area (Å²) in [4.78, 5) is 25.0. The van der Waals surface area contributed by atoms with E-state index < -0.39 is 5.41 Å². The van der Waals surface area contributed by atoms with E-state index in [-0.39, 0.29) is 11.8 Å². The van der Waals surface area contributed by atoms with Gasteiger partial charge in [-0.1, -0.05) is 19.1 Å². The van der Waals surface area contributed by atoms with Gasteiger partial charge in [-0.2, -0.15) is 0 Å². The molecule has 2 aromatic carbocycles. The second kappa shape index (κ2) is 9.78. The molecule has 0 bridgehead atoms. The van der Waals surface area contributed by atoms with Crippen molar-refractivity contribution in [2.75, 3.05) is 25.6 Å². The smallest absolute Gasteiger partial charge is 0.239 e. The van der Waals surface area contributed by atoms with Crippen molar-refractivity contribution in [1.82, 2.24) is 5.32 Å². The molecule has 0 aromatic heterocycles. The lowest BCUT2D eigenvalue weighted by Gasteiger charge is -2.23. The standard InChI is InChI=1S/C22H28N2O4/c1-5-16-6-8-17(9-7-16)24-21(26)22(2,3)20(25)23-14-15-28-19-12-10-18(27-4)11-13-19/h6-13H,5,14-15H2,1-4H3,(H,23,25)(H,24,26). The van der Waals surface area contributed by atoms with Gasteiger partial charge in [0.1, 0.15) is 23.5 Å². The maximum absolute atomic E-state index is 12.5. The average molecular weight is 384 g/mol. The molecule has 0 spiro atoms. The Balaban J connectivity index is 1.80. The zero-order valence-electron chi connectivity index (χ0n) is 16.9. The minimum atomic E-state index is -1.20. The minimum absolute atomic E-state index is 0.298. The quantitative estimate of drug-likeness (QED) is 0.513. The number of carbonyl (C=O) groups is 2. The predicted octanol–water partition coefficient (Wildman–Crippen LogP) is 3.42. The minimum Gasteiger partial charge on any atom is -0.497 e. The van der Waals surface area contributed by atoms with Crippen LogP contribution in [0.25, 0.3) is 0 Å². The number of rotatable bonds is 9. The van der Waals surface area contributed by atoms with Crippen molar-refractivity contribution >= 4 is 17.5 Å². The molecule has 6 nitrogen and oxygen atoms in total. The summed E-state index contributed by atoms with van der Waals surface area (Å²) < 4.78 is 10.7. The van der Waals surface area contributed by atoms with Crippen molar-refractivity contribution in [3.8, 4) is 11.5 Å². The van der Waals surface area contributed by atoms with E-state index in [9.17, 15) is 9.59 Å². The molecule has 150 valence electrons. The van der Waals surface area contributed by atoms with Gasteiger partial charge in [-0.25, -0.2) is 0 Å². The topological polar surface area (TPSA) is 76.7 Å². The van der Waals surface area contributed by atoms with Crippen LogP contribution in [0.15, 0.2) is 48.5 Å². The number of methoxy groups -OCH3 is 1. The summed E-state index contributed by atoms with van der Waals surface area (Å²) in [5.41, 5.74) is 0.654. The van der Waals surface area contributed by atoms with E-state index in [1.54, 1.807) is 45.2 Å². The average Bonchev–Trinajstić information content (AvgIpc) is 2.71. The normalized spacial score (nSPS) is 10.9. The molecular weight excluding hydrogens is 356 g/mol. The summed E-state index contributed by atoms with van der Waals surface area (Å²) in [6, 6.07) is 14.8. The molecule has 0 fully saturated rings. The van der Waals surface area contributed by atoms with Gasteiger partial charge in [0, 0.05) is 5.69 Å². The summed E-state index contributed by atoms with van der Waals surface area (Å²) in [5, 5.41) is 5.55. The summed E-state index contributed by atoms with van der Waals surface area (Å²) in [7, 11) is 1.60. The fourth-order valence-electron chi connectivity index (χ4n) is 2.44. The molecule has 0 radical (unpaired) electrons. The second-order valence-corrected chi connectivity index (χ2v) is 6.91. The first-order valence-corrected chi connectivity index (χ1v) is 9.32. The molecule has 0 saturated carbocycles. The van der Waals surface area contributed by atoms with E-state index in [0.717, 1.165) is 12.2 Å². The Kier molecular flexibility index (Phi) is 7.44. The first-order chi connectivity index (χ1) is 13.4. The lowest BCUT2D eigenvalue weighted by molar-refractivity contribution is -0.138. The number of benzene rings is 2. The summed E-state index contributed by atoms with van der Waals surface area (Å²) >= 11 is 0. The molecule has 2 amide bonds. The van der Waals surface area contributed by atoms with Crippen molar-refractivity contribution in [3.05, 3.63) is 54.1 Å².